The molecule has 0 saturated carbocycles. The third kappa shape index (κ3) is 2.84. The summed E-state index contributed by atoms with van der Waals surface area (Å²) in [6.45, 7) is 0.521. The van der Waals surface area contributed by atoms with Gasteiger partial charge in [0.05, 0.1) is 6.04 Å². The molecule has 0 amide bonds. The van der Waals surface area contributed by atoms with Gasteiger partial charge in [-0.15, -0.1) is 0 Å². The first-order valence-electron chi connectivity index (χ1n) is 4.22. The third-order valence-corrected chi connectivity index (χ3v) is 1.77. The van der Waals surface area contributed by atoms with E-state index in [4.69, 9.17) is 20.0 Å². The van der Waals surface area contributed by atoms with Crippen LogP contribution < -0.4 is 5.73 Å². The first-order valence-corrected chi connectivity index (χ1v) is 4.22. The maximum absolute atomic E-state index is 8.66. The van der Waals surface area contributed by atoms with E-state index < -0.39 is 0 Å². The molecule has 4 nitrogen and oxygen atoms in total. The highest BCUT2D eigenvalue weighted by atomic mass is 16.5. The van der Waals surface area contributed by atoms with Gasteiger partial charge >= 0.3 is 0 Å². The zero-order valence-corrected chi connectivity index (χ0v) is 7.69. The molecule has 1 aromatic rings. The van der Waals surface area contributed by atoms with Crippen LogP contribution >= 0.6 is 0 Å². The Morgan fingerprint density at radius 2 is 2.38 bits per heavy atom. The van der Waals surface area contributed by atoms with E-state index in [9.17, 15) is 0 Å². The van der Waals surface area contributed by atoms with Crippen LogP contribution in [-0.4, -0.2) is 18.8 Å². The Morgan fingerprint density at radius 3 is 3.00 bits per heavy atom. The lowest BCUT2D eigenvalue weighted by Gasteiger charge is -2.05. The molecular weight excluding hydrogens is 170 g/mol. The molecule has 1 atom stereocenters. The van der Waals surface area contributed by atoms with Crippen LogP contribution in [0.5, 0.6) is 0 Å². The second-order valence-electron chi connectivity index (χ2n) is 2.86. The van der Waals surface area contributed by atoms with Gasteiger partial charge in [0, 0.05) is 13.7 Å². The van der Waals surface area contributed by atoms with Crippen LogP contribution in [0.25, 0.3) is 0 Å². The second-order valence-corrected chi connectivity index (χ2v) is 2.86. The normalized spacial score (nSPS) is 13.2. The summed E-state index contributed by atoms with van der Waals surface area (Å²) in [5.41, 5.74) is 5.72. The van der Waals surface area contributed by atoms with Gasteiger partial charge in [-0.25, -0.2) is 0 Å². The molecule has 74 valence electrons. The first-order chi connectivity index (χ1) is 6.27. The molecule has 1 aromatic heterocycles. The third-order valence-electron chi connectivity index (χ3n) is 1.77. The molecule has 0 radical (unpaired) electrons. The maximum atomic E-state index is 8.66. The van der Waals surface area contributed by atoms with Crippen molar-refractivity contribution >= 4 is 0 Å². The quantitative estimate of drug-likeness (QED) is 0.712. The summed E-state index contributed by atoms with van der Waals surface area (Å²) in [5.74, 6) is 1.45. The van der Waals surface area contributed by atoms with Crippen molar-refractivity contribution in [1.29, 1.82) is 0 Å². The molecule has 0 aliphatic carbocycles. The molecule has 1 rings (SSSR count). The molecule has 13 heavy (non-hydrogen) atoms. The lowest BCUT2D eigenvalue weighted by molar-refractivity contribution is 0.161. The van der Waals surface area contributed by atoms with E-state index in [0.29, 0.717) is 18.8 Å². The number of aliphatic hydroxyl groups excluding tert-OH is 1. The van der Waals surface area contributed by atoms with E-state index in [-0.39, 0.29) is 12.6 Å². The van der Waals surface area contributed by atoms with Crippen LogP contribution in [0.15, 0.2) is 16.5 Å². The van der Waals surface area contributed by atoms with Gasteiger partial charge in [0.25, 0.3) is 0 Å². The SMILES string of the molecule is COCc1ccc(C(N)CCO)o1. The number of rotatable bonds is 5. The molecular formula is C9H15NO3. The Bertz CT molecular complexity index is 247. The lowest BCUT2D eigenvalue weighted by atomic mass is 10.2. The van der Waals surface area contributed by atoms with Gasteiger partial charge in [-0.3, -0.25) is 0 Å². The molecule has 0 saturated heterocycles. The fourth-order valence-corrected chi connectivity index (χ4v) is 1.09. The van der Waals surface area contributed by atoms with Crippen molar-refractivity contribution in [3.63, 3.8) is 0 Å². The number of aliphatic hydroxyl groups is 1. The van der Waals surface area contributed by atoms with Gasteiger partial charge < -0.3 is 20.0 Å². The summed E-state index contributed by atoms with van der Waals surface area (Å²) in [7, 11) is 1.61. The topological polar surface area (TPSA) is 68.6 Å². The predicted octanol–water partition coefficient (Wildman–Crippen LogP) is 0.808. The van der Waals surface area contributed by atoms with E-state index in [1.165, 1.54) is 0 Å². The van der Waals surface area contributed by atoms with Crippen molar-refractivity contribution in [3.05, 3.63) is 23.7 Å². The van der Waals surface area contributed by atoms with Gasteiger partial charge in [0.1, 0.15) is 18.1 Å². The molecule has 0 bridgehead atoms. The van der Waals surface area contributed by atoms with Crippen LogP contribution in [0.3, 0.4) is 0 Å². The Kier molecular flexibility index (Phi) is 3.95. The fourth-order valence-electron chi connectivity index (χ4n) is 1.09. The van der Waals surface area contributed by atoms with Gasteiger partial charge in [-0.1, -0.05) is 0 Å². The maximum Gasteiger partial charge on any atom is 0.129 e. The summed E-state index contributed by atoms with van der Waals surface area (Å²) >= 11 is 0. The highest BCUT2D eigenvalue weighted by Gasteiger charge is 2.09. The van der Waals surface area contributed by atoms with Gasteiger partial charge in [0.15, 0.2) is 0 Å². The van der Waals surface area contributed by atoms with Crippen LogP contribution in [-0.2, 0) is 11.3 Å². The number of hydrogen-bond acceptors (Lipinski definition) is 4. The first kappa shape index (κ1) is 10.2. The van der Waals surface area contributed by atoms with Crippen molar-refractivity contribution in [2.45, 2.75) is 19.1 Å². The molecule has 0 fully saturated rings. The van der Waals surface area contributed by atoms with Crippen molar-refractivity contribution < 1.29 is 14.3 Å². The number of nitrogens with two attached hydrogens (primary N) is 1. The van der Waals surface area contributed by atoms with Gasteiger partial charge in [-0.2, -0.15) is 0 Å². The van der Waals surface area contributed by atoms with Crippen molar-refractivity contribution in [1.82, 2.24) is 0 Å². The smallest absolute Gasteiger partial charge is 0.129 e. The minimum Gasteiger partial charge on any atom is -0.462 e. The Morgan fingerprint density at radius 1 is 1.62 bits per heavy atom. The van der Waals surface area contributed by atoms with E-state index >= 15 is 0 Å². The number of methoxy groups -OCH3 is 1. The van der Waals surface area contributed by atoms with E-state index in [0.717, 1.165) is 5.76 Å². The lowest BCUT2D eigenvalue weighted by Crippen LogP contribution is -2.10. The summed E-state index contributed by atoms with van der Waals surface area (Å²) < 4.78 is 10.3. The molecule has 3 N–H and O–H groups in total. The molecule has 0 spiro atoms. The number of hydrogen-bond donors (Lipinski definition) is 2. The molecule has 1 unspecified atom stereocenters. The van der Waals surface area contributed by atoms with E-state index in [1.54, 1.807) is 7.11 Å². The molecule has 4 heteroatoms. The van der Waals surface area contributed by atoms with Crippen LogP contribution in [0.4, 0.5) is 0 Å². The van der Waals surface area contributed by atoms with E-state index in [2.05, 4.69) is 0 Å². The van der Waals surface area contributed by atoms with Crippen LogP contribution in [0.1, 0.15) is 24.0 Å². The molecule has 0 aromatic carbocycles. The Labute approximate surface area is 77.3 Å². The average molecular weight is 185 g/mol. The summed E-state index contributed by atoms with van der Waals surface area (Å²) in [5, 5.41) is 8.66. The molecule has 0 aliphatic rings. The van der Waals surface area contributed by atoms with Crippen molar-refractivity contribution in [3.8, 4) is 0 Å². The number of furan rings is 1. The Balaban J connectivity index is 2.56. The van der Waals surface area contributed by atoms with Crippen molar-refractivity contribution in [2.75, 3.05) is 13.7 Å². The standard InChI is InChI=1S/C9H15NO3/c1-12-6-7-2-3-9(13-7)8(10)4-5-11/h2-3,8,11H,4-6,10H2,1H3. The van der Waals surface area contributed by atoms with Crippen LogP contribution in [0, 0.1) is 0 Å². The molecule has 0 aliphatic heterocycles. The highest BCUT2D eigenvalue weighted by Crippen LogP contribution is 2.17. The minimum atomic E-state index is -0.226. The minimum absolute atomic E-state index is 0.0709. The Hall–Kier alpha value is -0.840. The largest absolute Gasteiger partial charge is 0.462 e. The summed E-state index contributed by atoms with van der Waals surface area (Å²) in [6, 6.07) is 3.42. The summed E-state index contributed by atoms with van der Waals surface area (Å²) in [6.07, 6.45) is 0.514. The zero-order chi connectivity index (χ0) is 9.68. The highest BCUT2D eigenvalue weighted by molar-refractivity contribution is 5.09. The van der Waals surface area contributed by atoms with Gasteiger partial charge in [-0.05, 0) is 18.6 Å². The predicted molar refractivity (Wildman–Crippen MR) is 48.1 cm³/mol. The average Bonchev–Trinajstić information content (AvgIpc) is 2.54. The summed E-state index contributed by atoms with van der Waals surface area (Å²) in [4.78, 5) is 0. The van der Waals surface area contributed by atoms with Crippen LogP contribution in [0.2, 0.25) is 0 Å². The fraction of sp³-hybridized carbons (Fsp3) is 0.556. The van der Waals surface area contributed by atoms with Crippen molar-refractivity contribution in [2.24, 2.45) is 5.73 Å². The van der Waals surface area contributed by atoms with E-state index in [1.807, 2.05) is 12.1 Å². The number of ether oxygens (including phenoxy) is 1. The monoisotopic (exact) mass is 185 g/mol. The second kappa shape index (κ2) is 5.01. The zero-order valence-electron chi connectivity index (χ0n) is 7.69. The molecule has 1 heterocycles. The van der Waals surface area contributed by atoms with Gasteiger partial charge in [0.2, 0.25) is 0 Å².